The first-order valence-electron chi connectivity index (χ1n) is 15.3. The van der Waals surface area contributed by atoms with E-state index in [0.29, 0.717) is 17.9 Å². The smallest absolute Gasteiger partial charge is 0.306 e. The fourth-order valence-corrected chi connectivity index (χ4v) is 9.60. The first-order chi connectivity index (χ1) is 17.6. The molecule has 0 amide bonds. The molecule has 3 saturated carbocycles. The van der Waals surface area contributed by atoms with Gasteiger partial charge in [0.2, 0.25) is 0 Å². The van der Waals surface area contributed by atoms with Crippen LogP contribution in [0.5, 0.6) is 0 Å². The number of carbonyl (C=O) groups is 2. The summed E-state index contributed by atoms with van der Waals surface area (Å²) in [5, 5.41) is 0.244. The molecule has 216 valence electrons. The van der Waals surface area contributed by atoms with Crippen molar-refractivity contribution in [2.24, 2.45) is 28.6 Å². The monoisotopic (exact) mass is 546 g/mol. The average Bonchev–Trinajstić information content (AvgIpc) is 3.12. The van der Waals surface area contributed by atoms with E-state index in [1.54, 1.807) is 5.57 Å². The van der Waals surface area contributed by atoms with Crippen LogP contribution in [0.25, 0.3) is 0 Å². The van der Waals surface area contributed by atoms with Gasteiger partial charge in [-0.15, -0.1) is 0 Å². The van der Waals surface area contributed by atoms with E-state index in [9.17, 15) is 9.59 Å². The highest BCUT2D eigenvalue weighted by Crippen LogP contribution is 2.65. The Morgan fingerprint density at radius 1 is 1.00 bits per heavy atom. The average molecular weight is 547 g/mol. The molecule has 0 heterocycles. The van der Waals surface area contributed by atoms with E-state index in [-0.39, 0.29) is 52.9 Å². The Hall–Kier alpha value is -1.14. The maximum atomic E-state index is 12.7. The van der Waals surface area contributed by atoms with Crippen LogP contribution in [0.15, 0.2) is 11.6 Å². The van der Waals surface area contributed by atoms with Crippen LogP contribution in [-0.2, 0) is 23.5 Å². The van der Waals surface area contributed by atoms with Crippen LogP contribution >= 0.6 is 0 Å². The zero-order valence-electron chi connectivity index (χ0n) is 25.7. The number of hydrogen-bond donors (Lipinski definition) is 0. The van der Waals surface area contributed by atoms with Gasteiger partial charge in [-0.1, -0.05) is 46.3 Å². The molecule has 0 aromatic rings. The van der Waals surface area contributed by atoms with Gasteiger partial charge in [-0.25, -0.2) is 0 Å². The lowest BCUT2D eigenvalue weighted by molar-refractivity contribution is -0.162. The highest BCUT2D eigenvalue weighted by Gasteiger charge is 2.60. The van der Waals surface area contributed by atoms with Gasteiger partial charge >= 0.3 is 11.9 Å². The first-order valence-corrected chi connectivity index (χ1v) is 18.2. The fourth-order valence-electron chi connectivity index (χ4n) is 8.21. The number of esters is 2. The summed E-state index contributed by atoms with van der Waals surface area (Å²) in [4.78, 5) is 24.6. The van der Waals surface area contributed by atoms with Crippen molar-refractivity contribution in [2.75, 3.05) is 0 Å². The van der Waals surface area contributed by atoms with E-state index in [1.807, 2.05) is 13.8 Å². The maximum absolute atomic E-state index is 12.7. The standard InChI is InChI=1S/C32H54O5Si/c1-21(2)35-28(33)14-15-29(34)36-27-13-12-25-24-11-10-22-20-23(37-38(8,9)30(3,4)5)16-18-31(22,6)26(24)17-19-32(25,27)7/h10,21,23-27H,11-20H2,1-9H3/t23?,24-,25-,26-,27-,31-,32-/m0/s1. The van der Waals surface area contributed by atoms with Gasteiger partial charge in [-0.05, 0) is 107 Å². The molecule has 0 N–H and O–H groups in total. The molecule has 3 fully saturated rings. The van der Waals surface area contributed by atoms with E-state index in [4.69, 9.17) is 13.9 Å². The molecule has 0 spiro atoms. The van der Waals surface area contributed by atoms with Crippen LogP contribution in [0, 0.1) is 28.6 Å². The van der Waals surface area contributed by atoms with Crippen LogP contribution in [0.2, 0.25) is 18.1 Å². The zero-order chi connectivity index (χ0) is 28.1. The summed E-state index contributed by atoms with van der Waals surface area (Å²) in [5.41, 5.74) is 1.98. The second-order valence-corrected chi connectivity index (χ2v) is 19.9. The van der Waals surface area contributed by atoms with Gasteiger partial charge in [0.25, 0.3) is 0 Å². The van der Waals surface area contributed by atoms with Crippen LogP contribution in [0.3, 0.4) is 0 Å². The van der Waals surface area contributed by atoms with E-state index >= 15 is 0 Å². The molecule has 5 nitrogen and oxygen atoms in total. The molecule has 0 radical (unpaired) electrons. The molecule has 0 saturated heterocycles. The highest BCUT2D eigenvalue weighted by molar-refractivity contribution is 6.74. The van der Waals surface area contributed by atoms with E-state index in [2.05, 4.69) is 53.8 Å². The molecule has 4 aliphatic rings. The topological polar surface area (TPSA) is 61.8 Å². The Kier molecular flexibility index (Phi) is 8.39. The Balaban J connectivity index is 1.40. The van der Waals surface area contributed by atoms with E-state index in [1.165, 1.54) is 19.3 Å². The minimum atomic E-state index is -1.77. The Morgan fingerprint density at radius 2 is 1.68 bits per heavy atom. The minimum absolute atomic E-state index is 0.0334. The molecule has 0 aliphatic heterocycles. The Labute approximate surface area is 233 Å². The predicted molar refractivity (Wildman–Crippen MR) is 154 cm³/mol. The molecular weight excluding hydrogens is 492 g/mol. The van der Waals surface area contributed by atoms with E-state index in [0.717, 1.165) is 38.0 Å². The van der Waals surface area contributed by atoms with Crippen molar-refractivity contribution >= 4 is 20.3 Å². The number of fused-ring (bicyclic) bond motifs is 5. The summed E-state index contributed by atoms with van der Waals surface area (Å²) in [6, 6.07) is 0. The van der Waals surface area contributed by atoms with Crippen molar-refractivity contribution in [3.8, 4) is 0 Å². The molecule has 4 aliphatic carbocycles. The van der Waals surface area contributed by atoms with Crippen LogP contribution < -0.4 is 0 Å². The van der Waals surface area contributed by atoms with Crippen LogP contribution in [-0.4, -0.2) is 38.6 Å². The third-order valence-electron chi connectivity index (χ3n) is 11.4. The SMILES string of the molecule is CC(C)OC(=O)CCC(=O)O[C@H]1CC[C@H]2[C@@H]3CC=C4CC(O[Si](C)(C)C(C)(C)C)CC[C@]4(C)[C@H]3CC[C@]12C. The van der Waals surface area contributed by atoms with Crippen molar-refractivity contribution < 1.29 is 23.5 Å². The Bertz CT molecular complexity index is 933. The molecule has 0 aromatic heterocycles. The summed E-state index contributed by atoms with van der Waals surface area (Å²) in [6.07, 6.45) is 12.1. The summed E-state index contributed by atoms with van der Waals surface area (Å²) < 4.78 is 18.1. The third kappa shape index (κ3) is 5.68. The van der Waals surface area contributed by atoms with Gasteiger partial charge < -0.3 is 13.9 Å². The third-order valence-corrected chi connectivity index (χ3v) is 15.9. The van der Waals surface area contributed by atoms with Gasteiger partial charge in [-0.3, -0.25) is 9.59 Å². The lowest BCUT2D eigenvalue weighted by atomic mass is 9.48. The van der Waals surface area contributed by atoms with Crippen molar-refractivity contribution in [3.63, 3.8) is 0 Å². The summed E-state index contributed by atoms with van der Waals surface area (Å²) >= 11 is 0. The first kappa shape index (κ1) is 29.8. The molecule has 0 bridgehead atoms. The number of carbonyl (C=O) groups excluding carboxylic acids is 2. The molecule has 7 atom stereocenters. The number of rotatable bonds is 7. The molecule has 6 heteroatoms. The predicted octanol–water partition coefficient (Wildman–Crippen LogP) is 7.98. The van der Waals surface area contributed by atoms with Crippen molar-refractivity contribution in [1.82, 2.24) is 0 Å². The maximum Gasteiger partial charge on any atom is 0.306 e. The van der Waals surface area contributed by atoms with Crippen molar-refractivity contribution in [3.05, 3.63) is 11.6 Å². The van der Waals surface area contributed by atoms with Gasteiger partial charge in [0.05, 0.1) is 18.9 Å². The second kappa shape index (κ2) is 10.7. The summed E-state index contributed by atoms with van der Waals surface area (Å²) in [5.74, 6) is 1.41. The van der Waals surface area contributed by atoms with Gasteiger partial charge in [0.15, 0.2) is 8.32 Å². The Morgan fingerprint density at radius 3 is 2.34 bits per heavy atom. The number of allylic oxidation sites excluding steroid dienone is 1. The lowest BCUT2D eigenvalue weighted by Crippen LogP contribution is -2.52. The van der Waals surface area contributed by atoms with E-state index < -0.39 is 8.32 Å². The largest absolute Gasteiger partial charge is 0.463 e. The molecule has 4 rings (SSSR count). The second-order valence-electron chi connectivity index (χ2n) is 15.1. The van der Waals surface area contributed by atoms with Crippen LogP contribution in [0.4, 0.5) is 0 Å². The quantitative estimate of drug-likeness (QED) is 0.184. The number of ether oxygens (including phenoxy) is 2. The summed E-state index contributed by atoms with van der Waals surface area (Å²) in [7, 11) is -1.77. The highest BCUT2D eigenvalue weighted by atomic mass is 28.4. The van der Waals surface area contributed by atoms with Crippen molar-refractivity contribution in [2.45, 2.75) is 149 Å². The van der Waals surface area contributed by atoms with Crippen molar-refractivity contribution in [1.29, 1.82) is 0 Å². The normalized spacial score (nSPS) is 37.1. The number of hydrogen-bond acceptors (Lipinski definition) is 5. The van der Waals surface area contributed by atoms with Gasteiger partial charge in [-0.2, -0.15) is 0 Å². The molecule has 38 heavy (non-hydrogen) atoms. The van der Waals surface area contributed by atoms with Gasteiger partial charge in [0, 0.05) is 11.5 Å². The zero-order valence-corrected chi connectivity index (χ0v) is 26.7. The van der Waals surface area contributed by atoms with Gasteiger partial charge in [0.1, 0.15) is 6.10 Å². The van der Waals surface area contributed by atoms with Crippen LogP contribution in [0.1, 0.15) is 113 Å². The molecular formula is C32H54O5Si. The minimum Gasteiger partial charge on any atom is -0.463 e. The lowest BCUT2D eigenvalue weighted by Gasteiger charge is -2.58. The summed E-state index contributed by atoms with van der Waals surface area (Å²) in [6.45, 7) is 20.3. The molecule has 1 unspecified atom stereocenters. The fraction of sp³-hybridized carbons (Fsp3) is 0.875. The molecule has 0 aromatic carbocycles.